The Hall–Kier alpha value is -3.34. The zero-order chi connectivity index (χ0) is 19.0. The minimum absolute atomic E-state index is 0.227. The van der Waals surface area contributed by atoms with Crippen molar-refractivity contribution in [2.45, 2.75) is 27.3 Å². The van der Waals surface area contributed by atoms with Gasteiger partial charge in [-0.05, 0) is 38.5 Å². The van der Waals surface area contributed by atoms with E-state index in [1.807, 2.05) is 36.6 Å². The van der Waals surface area contributed by atoms with E-state index in [1.165, 1.54) is 11.8 Å². The molecule has 3 heterocycles. The molecule has 0 aliphatic heterocycles. The monoisotopic (exact) mass is 359 g/mol. The molecule has 1 N–H and O–H groups in total. The van der Waals surface area contributed by atoms with E-state index in [2.05, 4.69) is 36.5 Å². The molecule has 5 heteroatoms. The first-order valence-electron chi connectivity index (χ1n) is 8.90. The number of aryl methyl sites for hydroxylation is 3. The third kappa shape index (κ3) is 3.24. The SMILES string of the molecule is Cc1ccc(-c2nc3ccc(C)cn3c2CNC(=O)c2occc2C)cc1. The lowest BCUT2D eigenvalue weighted by Crippen LogP contribution is -2.24. The highest BCUT2D eigenvalue weighted by molar-refractivity contribution is 5.92. The van der Waals surface area contributed by atoms with E-state index in [4.69, 9.17) is 9.40 Å². The summed E-state index contributed by atoms with van der Waals surface area (Å²) in [5.41, 5.74) is 6.84. The zero-order valence-corrected chi connectivity index (χ0v) is 15.6. The summed E-state index contributed by atoms with van der Waals surface area (Å²) < 4.78 is 7.34. The minimum Gasteiger partial charge on any atom is -0.459 e. The summed E-state index contributed by atoms with van der Waals surface area (Å²) in [6.45, 7) is 6.31. The average Bonchev–Trinajstić information content (AvgIpc) is 3.24. The van der Waals surface area contributed by atoms with Gasteiger partial charge < -0.3 is 14.1 Å². The first-order valence-corrected chi connectivity index (χ1v) is 8.90. The maximum atomic E-state index is 12.5. The second-order valence-corrected chi connectivity index (χ2v) is 6.82. The summed E-state index contributed by atoms with van der Waals surface area (Å²) in [5.74, 6) is 0.117. The Bertz CT molecular complexity index is 1120. The first-order chi connectivity index (χ1) is 13.0. The summed E-state index contributed by atoms with van der Waals surface area (Å²) >= 11 is 0. The predicted molar refractivity (Wildman–Crippen MR) is 105 cm³/mol. The quantitative estimate of drug-likeness (QED) is 0.586. The number of imidazole rings is 1. The molecule has 27 heavy (non-hydrogen) atoms. The second-order valence-electron chi connectivity index (χ2n) is 6.82. The van der Waals surface area contributed by atoms with Crippen molar-refractivity contribution >= 4 is 11.6 Å². The number of carbonyl (C=O) groups is 1. The van der Waals surface area contributed by atoms with E-state index < -0.39 is 0 Å². The van der Waals surface area contributed by atoms with E-state index in [-0.39, 0.29) is 5.91 Å². The predicted octanol–water partition coefficient (Wildman–Crippen LogP) is 4.45. The molecule has 0 aliphatic carbocycles. The Morgan fingerprint density at radius 1 is 1.04 bits per heavy atom. The minimum atomic E-state index is -0.227. The molecule has 0 saturated heterocycles. The maximum absolute atomic E-state index is 12.5. The van der Waals surface area contributed by atoms with Crippen molar-refractivity contribution in [2.75, 3.05) is 0 Å². The smallest absolute Gasteiger partial charge is 0.287 e. The third-order valence-electron chi connectivity index (χ3n) is 4.68. The van der Waals surface area contributed by atoms with Crippen molar-refractivity contribution in [3.8, 4) is 11.3 Å². The van der Waals surface area contributed by atoms with Crippen molar-refractivity contribution in [1.82, 2.24) is 14.7 Å². The van der Waals surface area contributed by atoms with E-state index in [0.717, 1.165) is 33.7 Å². The van der Waals surface area contributed by atoms with Gasteiger partial charge in [0.15, 0.2) is 5.76 Å². The van der Waals surface area contributed by atoms with Crippen molar-refractivity contribution < 1.29 is 9.21 Å². The molecule has 1 amide bonds. The van der Waals surface area contributed by atoms with Crippen molar-refractivity contribution in [1.29, 1.82) is 0 Å². The van der Waals surface area contributed by atoms with Crippen LogP contribution < -0.4 is 5.32 Å². The van der Waals surface area contributed by atoms with Gasteiger partial charge >= 0.3 is 0 Å². The number of hydrogen-bond donors (Lipinski definition) is 1. The summed E-state index contributed by atoms with van der Waals surface area (Å²) in [4.78, 5) is 17.3. The summed E-state index contributed by atoms with van der Waals surface area (Å²) in [5, 5.41) is 2.97. The van der Waals surface area contributed by atoms with Crippen LogP contribution in [0.4, 0.5) is 0 Å². The van der Waals surface area contributed by atoms with Gasteiger partial charge in [0.25, 0.3) is 5.91 Å². The normalized spacial score (nSPS) is 11.1. The van der Waals surface area contributed by atoms with Gasteiger partial charge in [0.1, 0.15) is 5.65 Å². The van der Waals surface area contributed by atoms with Crippen LogP contribution in [0.1, 0.15) is 32.9 Å². The highest BCUT2D eigenvalue weighted by Gasteiger charge is 2.17. The Morgan fingerprint density at radius 2 is 1.78 bits per heavy atom. The Labute approximate surface area is 157 Å². The summed E-state index contributed by atoms with van der Waals surface area (Å²) in [6, 6.07) is 14.1. The molecule has 136 valence electrons. The first kappa shape index (κ1) is 17.1. The van der Waals surface area contributed by atoms with Crippen molar-refractivity contribution in [3.05, 3.63) is 83.1 Å². The molecule has 1 aromatic carbocycles. The molecule has 0 aliphatic rings. The van der Waals surface area contributed by atoms with E-state index in [9.17, 15) is 4.79 Å². The van der Waals surface area contributed by atoms with Crippen LogP contribution in [0.3, 0.4) is 0 Å². The van der Waals surface area contributed by atoms with Crippen LogP contribution in [0.25, 0.3) is 16.9 Å². The van der Waals surface area contributed by atoms with Gasteiger partial charge in [-0.15, -0.1) is 0 Å². The number of aromatic nitrogens is 2. The van der Waals surface area contributed by atoms with Gasteiger partial charge in [-0.1, -0.05) is 35.9 Å². The number of rotatable bonds is 4. The average molecular weight is 359 g/mol. The number of hydrogen-bond acceptors (Lipinski definition) is 3. The lowest BCUT2D eigenvalue weighted by Gasteiger charge is -2.08. The number of amides is 1. The standard InChI is InChI=1S/C22H21N3O2/c1-14-4-7-17(8-5-14)20-18(25-13-15(2)6-9-19(25)24-20)12-23-22(26)21-16(3)10-11-27-21/h4-11,13H,12H2,1-3H3,(H,23,26). The number of nitrogens with one attached hydrogen (secondary N) is 1. The number of benzene rings is 1. The largest absolute Gasteiger partial charge is 0.459 e. The topological polar surface area (TPSA) is 59.5 Å². The van der Waals surface area contributed by atoms with Gasteiger partial charge in [0, 0.05) is 17.3 Å². The van der Waals surface area contributed by atoms with Gasteiger partial charge in [-0.3, -0.25) is 4.79 Å². The molecule has 0 atom stereocenters. The fraction of sp³-hybridized carbons (Fsp3) is 0.182. The van der Waals surface area contributed by atoms with Crippen LogP contribution in [0.2, 0.25) is 0 Å². The summed E-state index contributed by atoms with van der Waals surface area (Å²) in [6.07, 6.45) is 3.57. The highest BCUT2D eigenvalue weighted by Crippen LogP contribution is 2.25. The zero-order valence-electron chi connectivity index (χ0n) is 15.6. The van der Waals surface area contributed by atoms with E-state index >= 15 is 0 Å². The Balaban J connectivity index is 1.74. The summed E-state index contributed by atoms with van der Waals surface area (Å²) in [7, 11) is 0. The molecule has 0 spiro atoms. The van der Waals surface area contributed by atoms with Crippen LogP contribution in [0.15, 0.2) is 59.3 Å². The Morgan fingerprint density at radius 3 is 2.48 bits per heavy atom. The van der Waals surface area contributed by atoms with Crippen LogP contribution in [-0.4, -0.2) is 15.3 Å². The number of pyridine rings is 1. The third-order valence-corrected chi connectivity index (χ3v) is 4.68. The molecule has 0 radical (unpaired) electrons. The van der Waals surface area contributed by atoms with Gasteiger partial charge in [-0.2, -0.15) is 0 Å². The molecule has 3 aromatic heterocycles. The van der Waals surface area contributed by atoms with Gasteiger partial charge in [-0.25, -0.2) is 4.98 Å². The van der Waals surface area contributed by atoms with Crippen LogP contribution in [0.5, 0.6) is 0 Å². The van der Waals surface area contributed by atoms with Crippen LogP contribution >= 0.6 is 0 Å². The molecule has 4 aromatic rings. The lowest BCUT2D eigenvalue weighted by molar-refractivity contribution is 0.0922. The molecule has 4 rings (SSSR count). The van der Waals surface area contributed by atoms with E-state index in [0.29, 0.717) is 12.3 Å². The van der Waals surface area contributed by atoms with Gasteiger partial charge in [0.05, 0.1) is 24.2 Å². The Kier molecular flexibility index (Phi) is 4.28. The van der Waals surface area contributed by atoms with E-state index in [1.54, 1.807) is 6.07 Å². The molecule has 0 bridgehead atoms. The van der Waals surface area contributed by atoms with Crippen LogP contribution in [-0.2, 0) is 6.54 Å². The number of carbonyl (C=O) groups excluding carboxylic acids is 1. The molecular formula is C22H21N3O2. The van der Waals surface area contributed by atoms with Gasteiger partial charge in [0.2, 0.25) is 0 Å². The molecule has 0 fully saturated rings. The number of nitrogens with zero attached hydrogens (tertiary/aromatic N) is 2. The highest BCUT2D eigenvalue weighted by atomic mass is 16.3. The van der Waals surface area contributed by atoms with Crippen molar-refractivity contribution in [2.24, 2.45) is 0 Å². The fourth-order valence-electron chi connectivity index (χ4n) is 3.16. The molecule has 0 saturated carbocycles. The molecule has 0 unspecified atom stereocenters. The molecular weight excluding hydrogens is 338 g/mol. The van der Waals surface area contributed by atoms with Crippen molar-refractivity contribution in [3.63, 3.8) is 0 Å². The number of furan rings is 1. The lowest BCUT2D eigenvalue weighted by atomic mass is 10.1. The second kappa shape index (κ2) is 6.76. The maximum Gasteiger partial charge on any atom is 0.287 e. The number of fused-ring (bicyclic) bond motifs is 1. The fourth-order valence-corrected chi connectivity index (χ4v) is 3.16. The van der Waals surface area contributed by atoms with Crippen LogP contribution in [0, 0.1) is 20.8 Å². The molecule has 5 nitrogen and oxygen atoms in total.